The van der Waals surface area contributed by atoms with E-state index in [9.17, 15) is 13.2 Å². The van der Waals surface area contributed by atoms with Crippen molar-refractivity contribution in [3.8, 4) is 5.75 Å². The number of methoxy groups -OCH3 is 1. The van der Waals surface area contributed by atoms with Crippen molar-refractivity contribution in [1.82, 2.24) is 0 Å². The number of halogens is 1. The highest BCUT2D eigenvalue weighted by atomic mass is 35.7. The molecule has 7 heteroatoms. The highest BCUT2D eigenvalue weighted by Gasteiger charge is 2.36. The van der Waals surface area contributed by atoms with Gasteiger partial charge in [-0.05, 0) is 31.0 Å². The first-order chi connectivity index (χ1) is 9.76. The van der Waals surface area contributed by atoms with E-state index in [0.717, 1.165) is 25.7 Å². The molecule has 0 saturated heterocycles. The quantitative estimate of drug-likeness (QED) is 0.860. The lowest BCUT2D eigenvalue weighted by molar-refractivity contribution is -0.124. The molecule has 0 aromatic heterocycles. The average Bonchev–Trinajstić information content (AvgIpc) is 2.86. The Hall–Kier alpha value is -1.27. The largest absolute Gasteiger partial charge is 0.495 e. The first-order valence-electron chi connectivity index (χ1n) is 6.70. The number of carbonyl (C=O) groups excluding carboxylic acids is 1. The molecule has 1 amide bonds. The summed E-state index contributed by atoms with van der Waals surface area (Å²) in [7, 11) is 2.80. The van der Waals surface area contributed by atoms with Crippen LogP contribution < -0.4 is 10.1 Å². The third-order valence-corrected chi connectivity index (χ3v) is 5.28. The van der Waals surface area contributed by atoms with E-state index < -0.39 is 9.05 Å². The van der Waals surface area contributed by atoms with Crippen LogP contribution in [0, 0.1) is 5.41 Å². The maximum atomic E-state index is 12.3. The lowest BCUT2D eigenvalue weighted by Gasteiger charge is -2.22. The van der Waals surface area contributed by atoms with Crippen molar-refractivity contribution in [2.45, 2.75) is 37.5 Å². The van der Waals surface area contributed by atoms with Crippen molar-refractivity contribution in [3.63, 3.8) is 0 Å². The van der Waals surface area contributed by atoms with Crippen molar-refractivity contribution < 1.29 is 17.9 Å². The van der Waals surface area contributed by atoms with Crippen molar-refractivity contribution in [2.24, 2.45) is 5.41 Å². The molecule has 0 spiro atoms. The van der Waals surface area contributed by atoms with Crippen molar-refractivity contribution in [3.05, 3.63) is 18.2 Å². The SMILES string of the molecule is COc1ccc(NC(=O)C2(C)CCCC2)cc1S(=O)(=O)Cl. The molecule has 1 aromatic rings. The second-order valence-corrected chi connectivity index (χ2v) is 8.06. The van der Waals surface area contributed by atoms with Gasteiger partial charge in [-0.1, -0.05) is 19.8 Å². The van der Waals surface area contributed by atoms with Gasteiger partial charge in [0.15, 0.2) is 0 Å². The topological polar surface area (TPSA) is 72.5 Å². The van der Waals surface area contributed by atoms with E-state index in [1.807, 2.05) is 6.92 Å². The van der Waals surface area contributed by atoms with Gasteiger partial charge in [-0.25, -0.2) is 8.42 Å². The Morgan fingerprint density at radius 1 is 1.33 bits per heavy atom. The molecule has 0 heterocycles. The summed E-state index contributed by atoms with van der Waals surface area (Å²) in [6.45, 7) is 1.93. The Balaban J connectivity index is 2.27. The fourth-order valence-electron chi connectivity index (χ4n) is 2.61. The van der Waals surface area contributed by atoms with Crippen LogP contribution in [0.3, 0.4) is 0 Å². The molecule has 5 nitrogen and oxygen atoms in total. The maximum absolute atomic E-state index is 12.3. The third-order valence-electron chi connectivity index (χ3n) is 3.94. The van der Waals surface area contributed by atoms with Crippen LogP contribution in [-0.2, 0) is 13.8 Å². The molecule has 1 aliphatic rings. The van der Waals surface area contributed by atoms with Gasteiger partial charge in [-0.15, -0.1) is 0 Å². The number of ether oxygens (including phenoxy) is 1. The monoisotopic (exact) mass is 331 g/mol. The molecule has 1 fully saturated rings. The fraction of sp³-hybridized carbons (Fsp3) is 0.500. The lowest BCUT2D eigenvalue weighted by atomic mass is 9.88. The van der Waals surface area contributed by atoms with Crippen LogP contribution in [-0.4, -0.2) is 21.4 Å². The molecular formula is C14H18ClNO4S. The van der Waals surface area contributed by atoms with E-state index in [1.165, 1.54) is 19.2 Å². The van der Waals surface area contributed by atoms with Crippen LogP contribution in [0.4, 0.5) is 5.69 Å². The summed E-state index contributed by atoms with van der Waals surface area (Å²) in [4.78, 5) is 12.2. The van der Waals surface area contributed by atoms with E-state index in [0.29, 0.717) is 5.69 Å². The molecule has 1 aliphatic carbocycles. The summed E-state index contributed by atoms with van der Waals surface area (Å²) < 4.78 is 28.1. The number of rotatable bonds is 4. The van der Waals surface area contributed by atoms with Crippen molar-refractivity contribution >= 4 is 31.3 Å². The number of anilines is 1. The highest BCUT2D eigenvalue weighted by Crippen LogP contribution is 2.39. The summed E-state index contributed by atoms with van der Waals surface area (Å²) in [5.41, 5.74) is 0.00748. The van der Waals surface area contributed by atoms with Gasteiger partial charge in [0.25, 0.3) is 9.05 Å². The number of hydrogen-bond acceptors (Lipinski definition) is 4. The molecule has 0 bridgehead atoms. The Kier molecular flexibility index (Phi) is 4.49. The summed E-state index contributed by atoms with van der Waals surface area (Å²) in [5.74, 6) is 0.0539. The van der Waals surface area contributed by atoms with Crippen LogP contribution in [0.1, 0.15) is 32.6 Å². The van der Waals surface area contributed by atoms with Gasteiger partial charge >= 0.3 is 0 Å². The van der Waals surface area contributed by atoms with Gasteiger partial charge in [0, 0.05) is 21.8 Å². The summed E-state index contributed by atoms with van der Waals surface area (Å²) in [6.07, 6.45) is 3.76. The predicted molar refractivity (Wildman–Crippen MR) is 81.2 cm³/mol. The summed E-state index contributed by atoms with van der Waals surface area (Å²) in [6, 6.07) is 4.39. The van der Waals surface area contributed by atoms with Crippen LogP contribution in [0.25, 0.3) is 0 Å². The Labute approximate surface area is 129 Å². The molecular weight excluding hydrogens is 314 g/mol. The molecule has 2 rings (SSSR count). The summed E-state index contributed by atoms with van der Waals surface area (Å²) >= 11 is 0. The molecule has 0 atom stereocenters. The van der Waals surface area contributed by atoms with Gasteiger partial charge < -0.3 is 10.1 Å². The van der Waals surface area contributed by atoms with Crippen LogP contribution in [0.5, 0.6) is 5.75 Å². The summed E-state index contributed by atoms with van der Waals surface area (Å²) in [5, 5.41) is 2.77. The zero-order valence-electron chi connectivity index (χ0n) is 12.0. The maximum Gasteiger partial charge on any atom is 0.265 e. The van der Waals surface area contributed by atoms with Gasteiger partial charge in [0.1, 0.15) is 10.6 Å². The van der Waals surface area contributed by atoms with E-state index in [4.69, 9.17) is 15.4 Å². The number of carbonyl (C=O) groups is 1. The first kappa shape index (κ1) is 16.1. The number of benzene rings is 1. The molecule has 1 saturated carbocycles. The zero-order chi connectivity index (χ0) is 15.7. The highest BCUT2D eigenvalue weighted by molar-refractivity contribution is 8.13. The van der Waals surface area contributed by atoms with Crippen molar-refractivity contribution in [1.29, 1.82) is 0 Å². The number of amides is 1. The fourth-order valence-corrected chi connectivity index (χ4v) is 3.63. The molecule has 0 unspecified atom stereocenters. The second-order valence-electron chi connectivity index (χ2n) is 5.53. The van der Waals surface area contributed by atoms with E-state index >= 15 is 0 Å². The normalized spacial score (nSPS) is 17.5. The minimum Gasteiger partial charge on any atom is -0.495 e. The van der Waals surface area contributed by atoms with Crippen LogP contribution >= 0.6 is 10.7 Å². The third kappa shape index (κ3) is 3.49. The van der Waals surface area contributed by atoms with Gasteiger partial charge in [0.05, 0.1) is 7.11 Å². The van der Waals surface area contributed by atoms with Gasteiger partial charge in [-0.3, -0.25) is 4.79 Å². The Morgan fingerprint density at radius 3 is 2.48 bits per heavy atom. The Bertz CT molecular complexity index is 651. The average molecular weight is 332 g/mol. The van der Waals surface area contributed by atoms with E-state index in [1.54, 1.807) is 6.07 Å². The smallest absolute Gasteiger partial charge is 0.265 e. The van der Waals surface area contributed by atoms with Crippen molar-refractivity contribution in [2.75, 3.05) is 12.4 Å². The van der Waals surface area contributed by atoms with Crippen LogP contribution in [0.2, 0.25) is 0 Å². The van der Waals surface area contributed by atoms with Crippen LogP contribution in [0.15, 0.2) is 23.1 Å². The van der Waals surface area contributed by atoms with E-state index in [-0.39, 0.29) is 22.0 Å². The molecule has 1 N–H and O–H groups in total. The zero-order valence-corrected chi connectivity index (χ0v) is 13.6. The second kappa shape index (κ2) is 5.85. The minimum absolute atomic E-state index is 0.0944. The predicted octanol–water partition coefficient (Wildman–Crippen LogP) is 3.14. The minimum atomic E-state index is -3.94. The number of nitrogens with one attached hydrogen (secondary N) is 1. The number of hydrogen-bond donors (Lipinski definition) is 1. The Morgan fingerprint density at radius 2 is 1.95 bits per heavy atom. The van der Waals surface area contributed by atoms with Gasteiger partial charge in [0.2, 0.25) is 5.91 Å². The lowest BCUT2D eigenvalue weighted by Crippen LogP contribution is -2.30. The molecule has 0 aliphatic heterocycles. The molecule has 0 radical (unpaired) electrons. The first-order valence-corrected chi connectivity index (χ1v) is 9.01. The molecule has 116 valence electrons. The standard InChI is InChI=1S/C14H18ClNO4S/c1-14(7-3-4-8-14)13(17)16-10-5-6-11(20-2)12(9-10)21(15,18)19/h5-6,9H,3-4,7-8H2,1-2H3,(H,16,17). The van der Waals surface area contributed by atoms with Gasteiger partial charge in [-0.2, -0.15) is 0 Å². The molecule has 1 aromatic carbocycles. The molecule has 21 heavy (non-hydrogen) atoms. The van der Waals surface area contributed by atoms with E-state index in [2.05, 4.69) is 5.32 Å².